The fourth-order valence-corrected chi connectivity index (χ4v) is 2.28. The van der Waals surface area contributed by atoms with Crippen molar-refractivity contribution in [2.75, 3.05) is 0 Å². The van der Waals surface area contributed by atoms with E-state index in [-0.39, 0.29) is 29.4 Å². The maximum Gasteiger partial charge on any atom is 0.127 e. The number of benzene rings is 2. The third-order valence-electron chi connectivity index (χ3n) is 3.35. The van der Waals surface area contributed by atoms with Gasteiger partial charge < -0.3 is 15.5 Å². The zero-order valence-corrected chi connectivity index (χ0v) is 11.5. The lowest BCUT2D eigenvalue weighted by atomic mass is 10.0. The predicted molar refractivity (Wildman–Crippen MR) is 76.1 cm³/mol. The molecule has 2 aromatic rings. The molecule has 2 rings (SSSR count). The van der Waals surface area contributed by atoms with Crippen LogP contribution >= 0.6 is 0 Å². The first kappa shape index (κ1) is 14.3. The Morgan fingerprint density at radius 3 is 2.25 bits per heavy atom. The molecule has 2 atom stereocenters. The molecule has 4 heteroatoms. The summed E-state index contributed by atoms with van der Waals surface area (Å²) in [6.45, 7) is 3.75. The van der Waals surface area contributed by atoms with E-state index < -0.39 is 0 Å². The van der Waals surface area contributed by atoms with Crippen molar-refractivity contribution >= 4 is 0 Å². The fourth-order valence-electron chi connectivity index (χ4n) is 2.28. The van der Waals surface area contributed by atoms with E-state index in [2.05, 4.69) is 5.32 Å². The van der Waals surface area contributed by atoms with Crippen LogP contribution in [0.5, 0.6) is 11.5 Å². The van der Waals surface area contributed by atoms with Gasteiger partial charge in [0.25, 0.3) is 0 Å². The van der Waals surface area contributed by atoms with Gasteiger partial charge >= 0.3 is 0 Å². The van der Waals surface area contributed by atoms with Gasteiger partial charge in [-0.25, -0.2) is 4.39 Å². The fraction of sp³-hybridized carbons (Fsp3) is 0.250. The quantitative estimate of drug-likeness (QED) is 0.798. The molecule has 0 radical (unpaired) electrons. The maximum atomic E-state index is 13.7. The third-order valence-corrected chi connectivity index (χ3v) is 3.35. The molecule has 0 bridgehead atoms. The van der Waals surface area contributed by atoms with Gasteiger partial charge in [0.05, 0.1) is 0 Å². The summed E-state index contributed by atoms with van der Waals surface area (Å²) in [7, 11) is 0. The summed E-state index contributed by atoms with van der Waals surface area (Å²) in [6.07, 6.45) is 0. The van der Waals surface area contributed by atoms with Crippen molar-refractivity contribution < 1.29 is 14.6 Å². The zero-order chi connectivity index (χ0) is 14.7. The molecule has 1 unspecified atom stereocenters. The van der Waals surface area contributed by atoms with Crippen LogP contribution in [-0.4, -0.2) is 10.2 Å². The highest BCUT2D eigenvalue weighted by Gasteiger charge is 2.16. The van der Waals surface area contributed by atoms with Gasteiger partial charge in [0.2, 0.25) is 0 Å². The second kappa shape index (κ2) is 5.92. The molecule has 0 saturated carbocycles. The molecule has 0 aromatic heterocycles. The van der Waals surface area contributed by atoms with Crippen LogP contribution < -0.4 is 5.32 Å². The van der Waals surface area contributed by atoms with Crippen molar-refractivity contribution in [2.24, 2.45) is 0 Å². The maximum absolute atomic E-state index is 13.7. The Labute approximate surface area is 117 Å². The summed E-state index contributed by atoms with van der Waals surface area (Å²) in [6, 6.07) is 10.7. The van der Waals surface area contributed by atoms with Crippen LogP contribution in [0, 0.1) is 5.82 Å². The highest BCUT2D eigenvalue weighted by Crippen LogP contribution is 2.29. The Kier molecular flexibility index (Phi) is 4.25. The van der Waals surface area contributed by atoms with E-state index in [4.69, 9.17) is 0 Å². The second-order valence-electron chi connectivity index (χ2n) is 4.87. The number of phenols is 2. The van der Waals surface area contributed by atoms with E-state index >= 15 is 0 Å². The number of nitrogens with one attached hydrogen (secondary N) is 1. The van der Waals surface area contributed by atoms with Gasteiger partial charge in [0, 0.05) is 29.3 Å². The lowest BCUT2D eigenvalue weighted by Crippen LogP contribution is -2.23. The summed E-state index contributed by atoms with van der Waals surface area (Å²) in [5.41, 5.74) is 1.24. The normalized spacial score (nSPS) is 13.9. The number of hydrogen-bond donors (Lipinski definition) is 3. The van der Waals surface area contributed by atoms with E-state index in [1.807, 2.05) is 13.8 Å². The van der Waals surface area contributed by atoms with E-state index in [9.17, 15) is 14.6 Å². The summed E-state index contributed by atoms with van der Waals surface area (Å²) in [4.78, 5) is 0. The molecule has 0 aliphatic carbocycles. The molecule has 0 spiro atoms. The number of hydrogen-bond acceptors (Lipinski definition) is 3. The average molecular weight is 275 g/mol. The average Bonchev–Trinajstić information content (AvgIpc) is 2.38. The van der Waals surface area contributed by atoms with E-state index in [0.717, 1.165) is 0 Å². The number of halogens is 1. The Bertz CT molecular complexity index is 601. The highest BCUT2D eigenvalue weighted by molar-refractivity contribution is 5.40. The Balaban J connectivity index is 2.15. The number of aromatic hydroxyl groups is 2. The molecule has 3 nitrogen and oxygen atoms in total. The third kappa shape index (κ3) is 3.08. The lowest BCUT2D eigenvalue weighted by Gasteiger charge is -2.21. The van der Waals surface area contributed by atoms with Crippen LogP contribution in [-0.2, 0) is 0 Å². The van der Waals surface area contributed by atoms with Crippen LogP contribution in [0.2, 0.25) is 0 Å². The number of rotatable bonds is 4. The minimum Gasteiger partial charge on any atom is -0.508 e. The zero-order valence-electron chi connectivity index (χ0n) is 11.5. The highest BCUT2D eigenvalue weighted by atomic mass is 19.1. The van der Waals surface area contributed by atoms with E-state index in [1.54, 1.807) is 24.3 Å². The SMILES string of the molecule is CC(N[C@H](C)c1ccccc1F)c1ccc(O)cc1O. The molecule has 20 heavy (non-hydrogen) atoms. The lowest BCUT2D eigenvalue weighted by molar-refractivity contribution is 0.424. The van der Waals surface area contributed by atoms with Crippen LogP contribution in [0.4, 0.5) is 4.39 Å². The van der Waals surface area contributed by atoms with Gasteiger partial charge in [-0.3, -0.25) is 0 Å². The van der Waals surface area contributed by atoms with Gasteiger partial charge in [-0.2, -0.15) is 0 Å². The molecule has 3 N–H and O–H groups in total. The van der Waals surface area contributed by atoms with Crippen molar-refractivity contribution in [2.45, 2.75) is 25.9 Å². The first-order chi connectivity index (χ1) is 9.49. The Morgan fingerprint density at radius 2 is 1.60 bits per heavy atom. The molecule has 0 amide bonds. The topological polar surface area (TPSA) is 52.5 Å². The summed E-state index contributed by atoms with van der Waals surface area (Å²) >= 11 is 0. The van der Waals surface area contributed by atoms with Gasteiger partial charge in [0.1, 0.15) is 17.3 Å². The Hall–Kier alpha value is -2.07. The van der Waals surface area contributed by atoms with E-state index in [1.165, 1.54) is 18.2 Å². The van der Waals surface area contributed by atoms with Crippen LogP contribution in [0.1, 0.15) is 37.1 Å². The molecule has 0 aliphatic heterocycles. The van der Waals surface area contributed by atoms with E-state index in [0.29, 0.717) is 11.1 Å². The number of phenolic OH excluding ortho intramolecular Hbond substituents is 2. The molecule has 0 fully saturated rings. The minimum absolute atomic E-state index is 0.0144. The van der Waals surface area contributed by atoms with Crippen molar-refractivity contribution in [3.63, 3.8) is 0 Å². The summed E-state index contributed by atoms with van der Waals surface area (Å²) in [5, 5.41) is 22.3. The monoisotopic (exact) mass is 275 g/mol. The van der Waals surface area contributed by atoms with Crippen LogP contribution in [0.3, 0.4) is 0 Å². The molecule has 0 heterocycles. The molecule has 0 aliphatic rings. The standard InChI is InChI=1S/C16H18FNO2/c1-10(13-5-3-4-6-15(13)17)18-11(2)14-8-7-12(19)9-16(14)20/h3-11,18-20H,1-2H3/t10-,11?/m1/s1. The molecule has 0 saturated heterocycles. The molecular formula is C16H18FNO2. The largest absolute Gasteiger partial charge is 0.508 e. The molecule has 2 aromatic carbocycles. The smallest absolute Gasteiger partial charge is 0.127 e. The molecular weight excluding hydrogens is 257 g/mol. The minimum atomic E-state index is -0.255. The van der Waals surface area contributed by atoms with Crippen molar-refractivity contribution in [1.29, 1.82) is 0 Å². The van der Waals surface area contributed by atoms with Gasteiger partial charge in [0.15, 0.2) is 0 Å². The van der Waals surface area contributed by atoms with Crippen molar-refractivity contribution in [3.8, 4) is 11.5 Å². The van der Waals surface area contributed by atoms with Crippen LogP contribution in [0.25, 0.3) is 0 Å². The second-order valence-corrected chi connectivity index (χ2v) is 4.87. The van der Waals surface area contributed by atoms with Crippen LogP contribution in [0.15, 0.2) is 42.5 Å². The first-order valence-corrected chi connectivity index (χ1v) is 6.51. The van der Waals surface area contributed by atoms with Crippen molar-refractivity contribution in [3.05, 3.63) is 59.4 Å². The predicted octanol–water partition coefficient (Wildman–Crippen LogP) is 3.65. The van der Waals surface area contributed by atoms with Gasteiger partial charge in [-0.1, -0.05) is 24.3 Å². The summed E-state index contributed by atoms with van der Waals surface area (Å²) < 4.78 is 13.7. The summed E-state index contributed by atoms with van der Waals surface area (Å²) in [5.74, 6) is -0.221. The van der Waals surface area contributed by atoms with Gasteiger partial charge in [-0.15, -0.1) is 0 Å². The van der Waals surface area contributed by atoms with Gasteiger partial charge in [-0.05, 0) is 26.0 Å². The van der Waals surface area contributed by atoms with Crippen molar-refractivity contribution in [1.82, 2.24) is 5.32 Å². The molecule has 106 valence electrons. The Morgan fingerprint density at radius 1 is 0.950 bits per heavy atom. The first-order valence-electron chi connectivity index (χ1n) is 6.51.